The lowest BCUT2D eigenvalue weighted by molar-refractivity contribution is 0.0936. The SMILES string of the molecule is COCN(C(=O)c1cc(C)c2nccn2c1)c1ccc(F)c(OC)c1. The van der Waals surface area contributed by atoms with Crippen LogP contribution < -0.4 is 9.64 Å². The summed E-state index contributed by atoms with van der Waals surface area (Å²) >= 11 is 0. The van der Waals surface area contributed by atoms with E-state index < -0.39 is 5.82 Å². The van der Waals surface area contributed by atoms with Crippen molar-refractivity contribution in [1.82, 2.24) is 9.38 Å². The molecule has 0 radical (unpaired) electrons. The van der Waals surface area contributed by atoms with Crippen molar-refractivity contribution in [3.05, 3.63) is 59.8 Å². The Labute approximate surface area is 144 Å². The van der Waals surface area contributed by atoms with Crippen molar-refractivity contribution in [2.75, 3.05) is 25.9 Å². The first-order chi connectivity index (χ1) is 12.0. The van der Waals surface area contributed by atoms with Crippen LogP contribution in [0.5, 0.6) is 5.75 Å². The van der Waals surface area contributed by atoms with Crippen LogP contribution in [-0.4, -0.2) is 36.2 Å². The minimum absolute atomic E-state index is 0.0225. The van der Waals surface area contributed by atoms with Crippen molar-refractivity contribution in [3.8, 4) is 5.75 Å². The lowest BCUT2D eigenvalue weighted by Gasteiger charge is -2.23. The molecule has 0 bridgehead atoms. The number of methoxy groups -OCH3 is 2. The molecule has 3 aromatic rings. The minimum Gasteiger partial charge on any atom is -0.494 e. The number of aromatic nitrogens is 2. The van der Waals surface area contributed by atoms with E-state index in [2.05, 4.69) is 4.98 Å². The van der Waals surface area contributed by atoms with Gasteiger partial charge in [0.1, 0.15) is 12.4 Å². The van der Waals surface area contributed by atoms with Crippen molar-refractivity contribution >= 4 is 17.2 Å². The largest absolute Gasteiger partial charge is 0.494 e. The maximum Gasteiger partial charge on any atom is 0.261 e. The highest BCUT2D eigenvalue weighted by Crippen LogP contribution is 2.26. The molecule has 0 saturated carbocycles. The van der Waals surface area contributed by atoms with Crippen molar-refractivity contribution in [3.63, 3.8) is 0 Å². The van der Waals surface area contributed by atoms with Gasteiger partial charge in [0.15, 0.2) is 11.6 Å². The smallest absolute Gasteiger partial charge is 0.261 e. The standard InChI is InChI=1S/C18H18FN3O3/c1-12-8-13(10-21-7-6-20-17(12)21)18(23)22(11-24-2)14-4-5-15(19)16(9-14)25-3/h4-10H,11H2,1-3H3. The summed E-state index contributed by atoms with van der Waals surface area (Å²) in [7, 11) is 2.87. The highest BCUT2D eigenvalue weighted by atomic mass is 19.1. The third-order valence-electron chi connectivity index (χ3n) is 3.87. The molecule has 130 valence electrons. The number of imidazole rings is 1. The number of halogens is 1. The summed E-state index contributed by atoms with van der Waals surface area (Å²) in [6.45, 7) is 1.91. The van der Waals surface area contributed by atoms with Gasteiger partial charge in [-0.3, -0.25) is 9.69 Å². The van der Waals surface area contributed by atoms with Gasteiger partial charge in [0, 0.05) is 31.8 Å². The molecule has 0 aliphatic heterocycles. The summed E-state index contributed by atoms with van der Waals surface area (Å²) in [6, 6.07) is 6.01. The molecule has 1 aromatic carbocycles. The number of rotatable bonds is 5. The molecule has 2 heterocycles. The van der Waals surface area contributed by atoms with Gasteiger partial charge in [-0.1, -0.05) is 0 Å². The van der Waals surface area contributed by atoms with Crippen LogP contribution in [0, 0.1) is 12.7 Å². The maximum absolute atomic E-state index is 13.7. The van der Waals surface area contributed by atoms with Crippen LogP contribution in [0.3, 0.4) is 0 Å². The summed E-state index contributed by atoms with van der Waals surface area (Å²) < 4.78 is 25.6. The van der Waals surface area contributed by atoms with Gasteiger partial charge >= 0.3 is 0 Å². The summed E-state index contributed by atoms with van der Waals surface area (Å²) in [5.41, 5.74) is 2.63. The molecule has 7 heteroatoms. The molecule has 0 aliphatic rings. The van der Waals surface area contributed by atoms with E-state index in [9.17, 15) is 9.18 Å². The van der Waals surface area contributed by atoms with E-state index in [0.29, 0.717) is 11.3 Å². The summed E-state index contributed by atoms with van der Waals surface area (Å²) in [5, 5.41) is 0. The van der Waals surface area contributed by atoms with Gasteiger partial charge in [0.25, 0.3) is 5.91 Å². The molecule has 0 aliphatic carbocycles. The summed E-state index contributed by atoms with van der Waals surface area (Å²) in [4.78, 5) is 18.7. The van der Waals surface area contributed by atoms with Crippen molar-refractivity contribution < 1.29 is 18.7 Å². The van der Waals surface area contributed by atoms with E-state index >= 15 is 0 Å². The fourth-order valence-corrected chi connectivity index (χ4v) is 2.68. The number of carbonyl (C=O) groups excluding carboxylic acids is 1. The molecule has 3 rings (SSSR count). The molecule has 6 nitrogen and oxygen atoms in total. The fourth-order valence-electron chi connectivity index (χ4n) is 2.68. The Bertz CT molecular complexity index is 923. The van der Waals surface area contributed by atoms with Gasteiger partial charge in [-0.2, -0.15) is 0 Å². The number of fused-ring (bicyclic) bond motifs is 1. The van der Waals surface area contributed by atoms with Gasteiger partial charge in [-0.15, -0.1) is 0 Å². The first-order valence-electron chi connectivity index (χ1n) is 7.63. The number of carbonyl (C=O) groups is 1. The number of amides is 1. The second-order valence-corrected chi connectivity index (χ2v) is 5.54. The van der Waals surface area contributed by atoms with Crippen LogP contribution in [0.1, 0.15) is 15.9 Å². The molecule has 0 atom stereocenters. The number of hydrogen-bond acceptors (Lipinski definition) is 4. The molecule has 0 fully saturated rings. The van der Waals surface area contributed by atoms with E-state index in [4.69, 9.17) is 9.47 Å². The Morgan fingerprint density at radius 2 is 2.12 bits per heavy atom. The number of benzene rings is 1. The summed E-state index contributed by atoms with van der Waals surface area (Å²) in [6.07, 6.45) is 5.16. The molecule has 0 unspecified atom stereocenters. The number of nitrogens with zero attached hydrogens (tertiary/aromatic N) is 3. The molecule has 1 amide bonds. The molecule has 25 heavy (non-hydrogen) atoms. The zero-order chi connectivity index (χ0) is 18.0. The van der Waals surface area contributed by atoms with E-state index in [1.165, 1.54) is 37.3 Å². The van der Waals surface area contributed by atoms with Gasteiger partial charge in [0.2, 0.25) is 0 Å². The highest BCUT2D eigenvalue weighted by Gasteiger charge is 2.20. The number of hydrogen-bond donors (Lipinski definition) is 0. The Kier molecular flexibility index (Phi) is 4.67. The normalized spacial score (nSPS) is 10.9. The molecular formula is C18H18FN3O3. The lowest BCUT2D eigenvalue weighted by atomic mass is 10.1. The number of aryl methyl sites for hydroxylation is 1. The maximum atomic E-state index is 13.7. The second-order valence-electron chi connectivity index (χ2n) is 5.54. The number of ether oxygens (including phenoxy) is 2. The first-order valence-corrected chi connectivity index (χ1v) is 7.63. The van der Waals surface area contributed by atoms with Gasteiger partial charge in [0.05, 0.1) is 18.4 Å². The predicted molar refractivity (Wildman–Crippen MR) is 91.6 cm³/mol. The van der Waals surface area contributed by atoms with E-state index in [1.807, 2.05) is 6.92 Å². The average Bonchev–Trinajstić information content (AvgIpc) is 3.09. The second kappa shape index (κ2) is 6.90. The molecule has 0 N–H and O–H groups in total. The zero-order valence-electron chi connectivity index (χ0n) is 14.2. The van der Waals surface area contributed by atoms with Gasteiger partial charge < -0.3 is 13.9 Å². The third-order valence-corrected chi connectivity index (χ3v) is 3.87. The van der Waals surface area contributed by atoms with Crippen LogP contribution in [0.15, 0.2) is 42.9 Å². The quantitative estimate of drug-likeness (QED) is 0.668. The minimum atomic E-state index is -0.494. The topological polar surface area (TPSA) is 56.1 Å². The van der Waals surface area contributed by atoms with Crippen LogP contribution in [-0.2, 0) is 4.74 Å². The Morgan fingerprint density at radius 1 is 1.32 bits per heavy atom. The van der Waals surface area contributed by atoms with E-state index in [-0.39, 0.29) is 18.4 Å². The molecule has 0 spiro atoms. The Balaban J connectivity index is 2.03. The van der Waals surface area contributed by atoms with Crippen molar-refractivity contribution in [2.45, 2.75) is 6.92 Å². The average molecular weight is 343 g/mol. The molecule has 0 saturated heterocycles. The fraction of sp³-hybridized carbons (Fsp3) is 0.222. The Hall–Kier alpha value is -2.93. The van der Waals surface area contributed by atoms with Gasteiger partial charge in [-0.25, -0.2) is 9.37 Å². The highest BCUT2D eigenvalue weighted by molar-refractivity contribution is 6.06. The van der Waals surface area contributed by atoms with Gasteiger partial charge in [-0.05, 0) is 30.7 Å². The zero-order valence-corrected chi connectivity index (χ0v) is 14.2. The van der Waals surface area contributed by atoms with Crippen LogP contribution >= 0.6 is 0 Å². The van der Waals surface area contributed by atoms with Crippen LogP contribution in [0.25, 0.3) is 5.65 Å². The lowest BCUT2D eigenvalue weighted by Crippen LogP contribution is -2.33. The monoisotopic (exact) mass is 343 g/mol. The first kappa shape index (κ1) is 16.9. The van der Waals surface area contributed by atoms with E-state index in [1.54, 1.807) is 29.1 Å². The molecule has 2 aromatic heterocycles. The number of anilines is 1. The molecular weight excluding hydrogens is 325 g/mol. The third kappa shape index (κ3) is 3.18. The van der Waals surface area contributed by atoms with E-state index in [0.717, 1.165) is 11.2 Å². The van der Waals surface area contributed by atoms with Crippen LogP contribution in [0.2, 0.25) is 0 Å². The van der Waals surface area contributed by atoms with Crippen molar-refractivity contribution in [1.29, 1.82) is 0 Å². The predicted octanol–water partition coefficient (Wildman–Crippen LogP) is 3.04. The Morgan fingerprint density at radius 3 is 2.84 bits per heavy atom. The van der Waals surface area contributed by atoms with Crippen molar-refractivity contribution in [2.24, 2.45) is 0 Å². The van der Waals surface area contributed by atoms with Crippen LogP contribution in [0.4, 0.5) is 10.1 Å². The number of pyridine rings is 1. The summed E-state index contributed by atoms with van der Waals surface area (Å²) in [5.74, 6) is -0.700.